The summed E-state index contributed by atoms with van der Waals surface area (Å²) in [5, 5.41) is 15.5. The standard InChI is InChI=1S/C18H25N3O/c1-14(16-8-4-3-5-9-16)15(2)20-12-17(22)21-18(13-19)10-6-7-11-18/h3-5,8-9,14-15,20H,6-7,10-12H2,1-2H3,(H,21,22)/t14-,15+/m0/s1. The Kier molecular flexibility index (Phi) is 5.57. The van der Waals surface area contributed by atoms with Crippen molar-refractivity contribution in [2.45, 2.75) is 57.0 Å². The molecule has 4 nitrogen and oxygen atoms in total. The van der Waals surface area contributed by atoms with Gasteiger partial charge in [-0.2, -0.15) is 5.26 Å². The van der Waals surface area contributed by atoms with Crippen LogP contribution >= 0.6 is 0 Å². The Morgan fingerprint density at radius 2 is 1.91 bits per heavy atom. The first-order valence-corrected chi connectivity index (χ1v) is 8.07. The molecule has 118 valence electrons. The molecule has 1 amide bonds. The fourth-order valence-corrected chi connectivity index (χ4v) is 3.03. The normalized spacial score (nSPS) is 19.1. The van der Waals surface area contributed by atoms with Crippen LogP contribution in [0.3, 0.4) is 0 Å². The third kappa shape index (κ3) is 4.08. The predicted octanol–water partition coefficient (Wildman–Crippen LogP) is 2.72. The number of nitrogens with zero attached hydrogens (tertiary/aromatic N) is 1. The van der Waals surface area contributed by atoms with Crippen LogP contribution in [0.25, 0.3) is 0 Å². The van der Waals surface area contributed by atoms with E-state index in [-0.39, 0.29) is 18.5 Å². The summed E-state index contributed by atoms with van der Waals surface area (Å²) < 4.78 is 0. The number of amides is 1. The number of carbonyl (C=O) groups excluding carboxylic acids is 1. The van der Waals surface area contributed by atoms with Gasteiger partial charge in [0.1, 0.15) is 5.54 Å². The molecule has 1 aromatic carbocycles. The lowest BCUT2D eigenvalue weighted by atomic mass is 9.94. The van der Waals surface area contributed by atoms with Crippen LogP contribution < -0.4 is 10.6 Å². The van der Waals surface area contributed by atoms with E-state index in [0.717, 1.165) is 25.7 Å². The van der Waals surface area contributed by atoms with E-state index in [4.69, 9.17) is 0 Å². The van der Waals surface area contributed by atoms with Crippen molar-refractivity contribution >= 4 is 5.91 Å². The molecular formula is C18H25N3O. The molecule has 0 bridgehead atoms. The van der Waals surface area contributed by atoms with Gasteiger partial charge in [-0.3, -0.25) is 4.79 Å². The maximum atomic E-state index is 12.1. The lowest BCUT2D eigenvalue weighted by Gasteiger charge is -2.25. The number of nitrogens with one attached hydrogen (secondary N) is 2. The minimum Gasteiger partial charge on any atom is -0.337 e. The van der Waals surface area contributed by atoms with Gasteiger partial charge >= 0.3 is 0 Å². The molecule has 1 fully saturated rings. The molecule has 0 spiro atoms. The maximum Gasteiger partial charge on any atom is 0.235 e. The van der Waals surface area contributed by atoms with Gasteiger partial charge in [0, 0.05) is 6.04 Å². The highest BCUT2D eigenvalue weighted by Gasteiger charge is 2.35. The topological polar surface area (TPSA) is 64.9 Å². The Balaban J connectivity index is 1.82. The van der Waals surface area contributed by atoms with Crippen LogP contribution in [-0.4, -0.2) is 24.0 Å². The van der Waals surface area contributed by atoms with Crippen molar-refractivity contribution in [3.8, 4) is 6.07 Å². The molecule has 1 aromatic rings. The highest BCUT2D eigenvalue weighted by atomic mass is 16.2. The summed E-state index contributed by atoms with van der Waals surface area (Å²) in [5.74, 6) is 0.237. The average Bonchev–Trinajstić information content (AvgIpc) is 3.01. The molecule has 2 N–H and O–H groups in total. The lowest BCUT2D eigenvalue weighted by molar-refractivity contribution is -0.121. The van der Waals surface area contributed by atoms with E-state index in [1.165, 1.54) is 5.56 Å². The first-order chi connectivity index (χ1) is 10.6. The largest absolute Gasteiger partial charge is 0.337 e. The van der Waals surface area contributed by atoms with Gasteiger partial charge in [0.15, 0.2) is 0 Å². The smallest absolute Gasteiger partial charge is 0.235 e. The molecule has 1 aliphatic carbocycles. The van der Waals surface area contributed by atoms with E-state index in [9.17, 15) is 10.1 Å². The van der Waals surface area contributed by atoms with Crippen molar-refractivity contribution in [3.63, 3.8) is 0 Å². The molecule has 1 saturated carbocycles. The van der Waals surface area contributed by atoms with Crippen LogP contribution in [-0.2, 0) is 4.79 Å². The van der Waals surface area contributed by atoms with Crippen LogP contribution in [0.5, 0.6) is 0 Å². The summed E-state index contributed by atoms with van der Waals surface area (Å²) in [4.78, 5) is 12.1. The van der Waals surface area contributed by atoms with Gasteiger partial charge in [0.2, 0.25) is 5.91 Å². The quantitative estimate of drug-likeness (QED) is 0.849. The van der Waals surface area contributed by atoms with Gasteiger partial charge in [-0.15, -0.1) is 0 Å². The zero-order valence-electron chi connectivity index (χ0n) is 13.4. The van der Waals surface area contributed by atoms with Crippen LogP contribution in [0.2, 0.25) is 0 Å². The number of hydrogen-bond acceptors (Lipinski definition) is 3. The Bertz CT molecular complexity index is 529. The second-order valence-corrected chi connectivity index (χ2v) is 6.32. The van der Waals surface area contributed by atoms with E-state index < -0.39 is 5.54 Å². The summed E-state index contributed by atoms with van der Waals surface area (Å²) in [5.41, 5.74) is 0.625. The van der Waals surface area contributed by atoms with Gasteiger partial charge in [0.25, 0.3) is 0 Å². The molecule has 2 rings (SSSR count). The minimum atomic E-state index is -0.632. The molecule has 22 heavy (non-hydrogen) atoms. The molecule has 0 aliphatic heterocycles. The van der Waals surface area contributed by atoms with E-state index in [2.05, 4.69) is 42.7 Å². The monoisotopic (exact) mass is 299 g/mol. The minimum absolute atomic E-state index is 0.0874. The zero-order valence-corrected chi connectivity index (χ0v) is 13.4. The summed E-state index contributed by atoms with van der Waals surface area (Å²) >= 11 is 0. The molecule has 0 radical (unpaired) electrons. The molecule has 0 saturated heterocycles. The number of benzene rings is 1. The molecule has 4 heteroatoms. The van der Waals surface area contributed by atoms with Crippen molar-refractivity contribution in [1.29, 1.82) is 5.26 Å². The van der Waals surface area contributed by atoms with Gasteiger partial charge in [-0.25, -0.2) is 0 Å². The zero-order chi connectivity index (χ0) is 16.0. The molecule has 0 heterocycles. The van der Waals surface area contributed by atoms with Crippen LogP contribution in [0.1, 0.15) is 51.0 Å². The number of nitriles is 1. The maximum absolute atomic E-state index is 12.1. The van der Waals surface area contributed by atoms with E-state index in [1.54, 1.807) is 0 Å². The first-order valence-electron chi connectivity index (χ1n) is 8.07. The number of rotatable bonds is 6. The second kappa shape index (κ2) is 7.42. The summed E-state index contributed by atoms with van der Waals surface area (Å²) in [6.07, 6.45) is 3.57. The third-order valence-electron chi connectivity index (χ3n) is 4.71. The number of carbonyl (C=O) groups is 1. The van der Waals surface area contributed by atoms with Crippen molar-refractivity contribution < 1.29 is 4.79 Å². The second-order valence-electron chi connectivity index (χ2n) is 6.32. The summed E-state index contributed by atoms with van der Waals surface area (Å²) in [6.45, 7) is 4.49. The van der Waals surface area contributed by atoms with Gasteiger partial charge in [-0.1, -0.05) is 37.3 Å². The van der Waals surface area contributed by atoms with Gasteiger partial charge in [-0.05, 0) is 44.1 Å². The van der Waals surface area contributed by atoms with Crippen molar-refractivity contribution in [2.75, 3.05) is 6.54 Å². The fourth-order valence-electron chi connectivity index (χ4n) is 3.03. The highest BCUT2D eigenvalue weighted by Crippen LogP contribution is 2.28. The van der Waals surface area contributed by atoms with E-state index in [1.807, 2.05) is 18.2 Å². The Labute approximate surface area is 132 Å². The fraction of sp³-hybridized carbons (Fsp3) is 0.556. The van der Waals surface area contributed by atoms with Crippen molar-refractivity contribution in [3.05, 3.63) is 35.9 Å². The Morgan fingerprint density at radius 1 is 1.27 bits per heavy atom. The predicted molar refractivity (Wildman–Crippen MR) is 87.3 cm³/mol. The van der Waals surface area contributed by atoms with Crippen LogP contribution in [0.4, 0.5) is 0 Å². The van der Waals surface area contributed by atoms with Crippen LogP contribution in [0.15, 0.2) is 30.3 Å². The Hall–Kier alpha value is -1.86. The third-order valence-corrected chi connectivity index (χ3v) is 4.71. The molecule has 0 aromatic heterocycles. The number of hydrogen-bond donors (Lipinski definition) is 2. The van der Waals surface area contributed by atoms with Crippen molar-refractivity contribution in [1.82, 2.24) is 10.6 Å². The van der Waals surface area contributed by atoms with Crippen LogP contribution in [0, 0.1) is 11.3 Å². The summed E-state index contributed by atoms with van der Waals surface area (Å²) in [6, 6.07) is 12.7. The van der Waals surface area contributed by atoms with Gasteiger partial charge < -0.3 is 10.6 Å². The van der Waals surface area contributed by atoms with Crippen molar-refractivity contribution in [2.24, 2.45) is 0 Å². The van der Waals surface area contributed by atoms with E-state index >= 15 is 0 Å². The van der Waals surface area contributed by atoms with E-state index in [0.29, 0.717) is 5.92 Å². The Morgan fingerprint density at radius 3 is 2.50 bits per heavy atom. The SMILES string of the molecule is C[C@H](c1ccccc1)[C@@H](C)NCC(=O)NC1(C#N)CCCC1. The average molecular weight is 299 g/mol. The van der Waals surface area contributed by atoms with Gasteiger partial charge in [0.05, 0.1) is 12.6 Å². The highest BCUT2D eigenvalue weighted by molar-refractivity contribution is 5.79. The molecular weight excluding hydrogens is 274 g/mol. The molecule has 0 unspecified atom stereocenters. The molecule has 1 aliphatic rings. The molecule has 2 atom stereocenters. The summed E-state index contributed by atoms with van der Waals surface area (Å²) in [7, 11) is 0. The first kappa shape index (κ1) is 16.5. The lowest BCUT2D eigenvalue weighted by Crippen LogP contribution is -2.49.